The average Bonchev–Trinajstić information content (AvgIpc) is 2.86. The highest BCUT2D eigenvalue weighted by molar-refractivity contribution is 5.99. The van der Waals surface area contributed by atoms with Gasteiger partial charge in [-0.3, -0.25) is 9.89 Å². The van der Waals surface area contributed by atoms with Crippen molar-refractivity contribution in [1.82, 2.24) is 15.2 Å². The molecule has 1 atom stereocenters. The van der Waals surface area contributed by atoms with Gasteiger partial charge in [-0.25, -0.2) is 4.98 Å². The van der Waals surface area contributed by atoms with Gasteiger partial charge in [0.2, 0.25) is 5.91 Å². The molecule has 0 aliphatic carbocycles. The summed E-state index contributed by atoms with van der Waals surface area (Å²) < 4.78 is 0. The number of hydrogen-bond acceptors (Lipinski definition) is 4. The molecule has 0 fully saturated rings. The second-order valence-corrected chi connectivity index (χ2v) is 5.50. The van der Waals surface area contributed by atoms with Crippen LogP contribution in [-0.2, 0) is 11.3 Å². The van der Waals surface area contributed by atoms with Crippen molar-refractivity contribution in [1.29, 1.82) is 0 Å². The fraction of sp³-hybridized carbons (Fsp3) is 0.400. The van der Waals surface area contributed by atoms with Gasteiger partial charge in [-0.15, -0.1) is 0 Å². The van der Waals surface area contributed by atoms with Gasteiger partial charge >= 0.3 is 0 Å². The van der Waals surface area contributed by atoms with E-state index in [4.69, 9.17) is 0 Å². The molecule has 1 aromatic carbocycles. The number of fused-ring (bicyclic) bond motifs is 1. The quantitative estimate of drug-likeness (QED) is 0.912. The molecule has 21 heavy (non-hydrogen) atoms. The number of aromatic nitrogens is 3. The van der Waals surface area contributed by atoms with Crippen molar-refractivity contribution in [3.8, 4) is 0 Å². The molecule has 1 aliphatic rings. The van der Waals surface area contributed by atoms with Crippen LogP contribution in [0.4, 0.5) is 11.4 Å². The number of H-pyrrole nitrogens is 1. The first-order chi connectivity index (χ1) is 10.1. The minimum atomic E-state index is -0.0672. The highest BCUT2D eigenvalue weighted by Crippen LogP contribution is 2.33. The van der Waals surface area contributed by atoms with Gasteiger partial charge in [-0.05, 0) is 19.1 Å². The Morgan fingerprint density at radius 3 is 2.71 bits per heavy atom. The van der Waals surface area contributed by atoms with Crippen LogP contribution in [0.25, 0.3) is 0 Å². The lowest BCUT2D eigenvalue weighted by molar-refractivity contribution is -0.121. The number of carbonyl (C=O) groups excluding carboxylic acids is 1. The third-order valence-electron chi connectivity index (χ3n) is 3.81. The number of rotatable bonds is 2. The van der Waals surface area contributed by atoms with Crippen LogP contribution < -0.4 is 9.80 Å². The molecule has 0 saturated carbocycles. The van der Waals surface area contributed by atoms with Crippen molar-refractivity contribution in [2.75, 3.05) is 23.4 Å². The number of amides is 1. The zero-order valence-electron chi connectivity index (χ0n) is 12.5. The minimum Gasteiger partial charge on any atom is -0.361 e. The van der Waals surface area contributed by atoms with Gasteiger partial charge in [-0.1, -0.05) is 19.1 Å². The first-order valence-electron chi connectivity index (χ1n) is 7.05. The van der Waals surface area contributed by atoms with E-state index < -0.39 is 0 Å². The van der Waals surface area contributed by atoms with E-state index in [9.17, 15) is 4.79 Å². The molecule has 3 rings (SSSR count). The Kier molecular flexibility index (Phi) is 3.37. The maximum atomic E-state index is 12.4. The van der Waals surface area contributed by atoms with Gasteiger partial charge in [0.25, 0.3) is 0 Å². The van der Waals surface area contributed by atoms with Gasteiger partial charge in [0, 0.05) is 13.6 Å². The molecule has 0 radical (unpaired) electrons. The van der Waals surface area contributed by atoms with Crippen LogP contribution in [-0.4, -0.2) is 34.7 Å². The molecule has 1 aromatic heterocycles. The van der Waals surface area contributed by atoms with E-state index in [1.165, 1.54) is 0 Å². The van der Waals surface area contributed by atoms with Gasteiger partial charge < -0.3 is 9.80 Å². The topological polar surface area (TPSA) is 65.1 Å². The number of nitrogens with zero attached hydrogens (tertiary/aromatic N) is 4. The smallest absolute Gasteiger partial charge is 0.231 e. The number of aryl methyl sites for hydroxylation is 1. The summed E-state index contributed by atoms with van der Waals surface area (Å²) in [7, 11) is 1.83. The standard InChI is InChI=1S/C15H19N5O/c1-10-8-20(9-14-16-11(2)17-18-14)13-7-5-4-6-12(13)19(3)15(10)21/h4-7,10H,8-9H2,1-3H3,(H,16,17,18)/t10-/m1/s1. The molecule has 0 saturated heterocycles. The molecule has 0 bridgehead atoms. The molecule has 0 spiro atoms. The molecule has 1 aliphatic heterocycles. The summed E-state index contributed by atoms with van der Waals surface area (Å²) in [4.78, 5) is 20.6. The van der Waals surface area contributed by atoms with Crippen molar-refractivity contribution in [2.45, 2.75) is 20.4 Å². The van der Waals surface area contributed by atoms with Crippen LogP contribution in [0.3, 0.4) is 0 Å². The van der Waals surface area contributed by atoms with E-state index in [1.807, 2.05) is 45.2 Å². The number of nitrogens with one attached hydrogen (secondary N) is 1. The number of para-hydroxylation sites is 2. The third kappa shape index (κ3) is 2.49. The first-order valence-corrected chi connectivity index (χ1v) is 7.05. The van der Waals surface area contributed by atoms with Crippen molar-refractivity contribution < 1.29 is 4.79 Å². The molecule has 0 unspecified atom stereocenters. The lowest BCUT2D eigenvalue weighted by atomic mass is 10.1. The SMILES string of the molecule is Cc1nc(CN2C[C@@H](C)C(=O)N(C)c3ccccc32)n[nH]1. The number of aromatic amines is 1. The highest BCUT2D eigenvalue weighted by atomic mass is 16.2. The Labute approximate surface area is 123 Å². The number of anilines is 2. The summed E-state index contributed by atoms with van der Waals surface area (Å²) in [6.07, 6.45) is 0. The minimum absolute atomic E-state index is 0.0672. The molecule has 6 heteroatoms. The Hall–Kier alpha value is -2.37. The zero-order chi connectivity index (χ0) is 15.0. The zero-order valence-corrected chi connectivity index (χ0v) is 12.5. The third-order valence-corrected chi connectivity index (χ3v) is 3.81. The highest BCUT2D eigenvalue weighted by Gasteiger charge is 2.29. The van der Waals surface area contributed by atoms with Gasteiger partial charge in [0.15, 0.2) is 5.82 Å². The second-order valence-electron chi connectivity index (χ2n) is 5.50. The van der Waals surface area contributed by atoms with E-state index in [0.717, 1.165) is 23.0 Å². The van der Waals surface area contributed by atoms with Crippen LogP contribution in [0.15, 0.2) is 24.3 Å². The summed E-state index contributed by atoms with van der Waals surface area (Å²) in [5.74, 6) is 1.61. The lowest BCUT2D eigenvalue weighted by Gasteiger charge is -2.24. The maximum absolute atomic E-state index is 12.4. The van der Waals surface area contributed by atoms with Crippen molar-refractivity contribution in [2.24, 2.45) is 5.92 Å². The largest absolute Gasteiger partial charge is 0.361 e. The fourth-order valence-electron chi connectivity index (χ4n) is 2.75. The Bertz CT molecular complexity index is 666. The van der Waals surface area contributed by atoms with Crippen LogP contribution in [0.1, 0.15) is 18.6 Å². The van der Waals surface area contributed by atoms with E-state index in [-0.39, 0.29) is 11.8 Å². The molecular formula is C15H19N5O. The van der Waals surface area contributed by atoms with Gasteiger partial charge in [0.05, 0.1) is 23.8 Å². The number of hydrogen-bond donors (Lipinski definition) is 1. The Morgan fingerprint density at radius 2 is 2.05 bits per heavy atom. The van der Waals surface area contributed by atoms with Crippen LogP contribution >= 0.6 is 0 Å². The van der Waals surface area contributed by atoms with Gasteiger partial charge in [0.1, 0.15) is 5.82 Å². The molecule has 110 valence electrons. The normalized spacial score (nSPS) is 18.6. The van der Waals surface area contributed by atoms with E-state index in [1.54, 1.807) is 4.90 Å². The average molecular weight is 285 g/mol. The Morgan fingerprint density at radius 1 is 1.33 bits per heavy atom. The summed E-state index contributed by atoms with van der Waals surface area (Å²) in [5.41, 5.74) is 1.97. The number of carbonyl (C=O) groups is 1. The first kappa shape index (κ1) is 13.6. The molecular weight excluding hydrogens is 266 g/mol. The predicted molar refractivity (Wildman–Crippen MR) is 81.2 cm³/mol. The van der Waals surface area contributed by atoms with Crippen LogP contribution in [0.5, 0.6) is 0 Å². The van der Waals surface area contributed by atoms with Crippen molar-refractivity contribution >= 4 is 17.3 Å². The summed E-state index contributed by atoms with van der Waals surface area (Å²) in [5, 5.41) is 7.06. The summed E-state index contributed by atoms with van der Waals surface area (Å²) >= 11 is 0. The van der Waals surface area contributed by atoms with Gasteiger partial charge in [-0.2, -0.15) is 5.10 Å². The Balaban J connectivity index is 1.99. The fourth-order valence-corrected chi connectivity index (χ4v) is 2.75. The lowest BCUT2D eigenvalue weighted by Crippen LogP contribution is -2.34. The molecule has 6 nitrogen and oxygen atoms in total. The molecule has 1 amide bonds. The van der Waals surface area contributed by atoms with Crippen LogP contribution in [0.2, 0.25) is 0 Å². The van der Waals surface area contributed by atoms with Crippen LogP contribution in [0, 0.1) is 12.8 Å². The maximum Gasteiger partial charge on any atom is 0.231 e. The number of benzene rings is 1. The molecule has 1 N–H and O–H groups in total. The second kappa shape index (κ2) is 5.20. The molecule has 2 heterocycles. The summed E-state index contributed by atoms with van der Waals surface area (Å²) in [6, 6.07) is 7.95. The van der Waals surface area contributed by atoms with Crippen molar-refractivity contribution in [3.05, 3.63) is 35.9 Å². The molecule has 2 aromatic rings. The van der Waals surface area contributed by atoms with E-state index in [2.05, 4.69) is 20.1 Å². The van der Waals surface area contributed by atoms with E-state index >= 15 is 0 Å². The van der Waals surface area contributed by atoms with E-state index in [0.29, 0.717) is 13.1 Å². The van der Waals surface area contributed by atoms with Crippen molar-refractivity contribution in [3.63, 3.8) is 0 Å². The predicted octanol–water partition coefficient (Wildman–Crippen LogP) is 1.73. The summed E-state index contributed by atoms with van der Waals surface area (Å²) in [6.45, 7) is 5.09. The monoisotopic (exact) mass is 285 g/mol.